The van der Waals surface area contributed by atoms with E-state index in [9.17, 15) is 40.8 Å². The zero-order valence-corrected chi connectivity index (χ0v) is 36.2. The van der Waals surface area contributed by atoms with Gasteiger partial charge >= 0.3 is 12.5 Å². The van der Waals surface area contributed by atoms with Gasteiger partial charge in [0.25, 0.3) is 5.91 Å². The zero-order valence-electron chi connectivity index (χ0n) is 35.3. The molecule has 1 saturated heterocycles. The standard InChI is InChI=1S/C43H56F3N5O9S/c1-8-10-11-12-13-14-32(48-38(55)60-39(4,5)6)36(53)51-25-41(19-18-29-30-23-28(58-43(44,45)46)15-16-31(30)47-26(3)34(29)59-41)24-33(51)35(52)49-42(20-17-27(42)9-2)37(54)50-61(56,57)40(7)21-22-40/h8-9,15-16,23,27,32-33H,1-2,10-14,17-22,24-25H2,3-7H3,(H,48,55)(H,49,52)(H,50,54)/t27-,32+,33?,41?,42-/m1/s1. The van der Waals surface area contributed by atoms with Gasteiger partial charge in [-0.15, -0.1) is 26.3 Å². The van der Waals surface area contributed by atoms with Gasteiger partial charge in [-0.05, 0) is 111 Å². The van der Waals surface area contributed by atoms with Crippen molar-refractivity contribution >= 4 is 44.7 Å². The molecule has 2 aliphatic carbocycles. The van der Waals surface area contributed by atoms with Crippen LogP contribution in [0, 0.1) is 12.8 Å². The molecule has 61 heavy (non-hydrogen) atoms. The number of benzene rings is 1. The molecule has 2 saturated carbocycles. The number of carbonyl (C=O) groups is 4. The molecule has 334 valence electrons. The summed E-state index contributed by atoms with van der Waals surface area (Å²) in [5.41, 5.74) is -2.35. The number of halogens is 3. The van der Waals surface area contributed by atoms with Crippen LogP contribution in [0.3, 0.4) is 0 Å². The smallest absolute Gasteiger partial charge is 0.483 e. The number of sulfonamides is 1. The average molecular weight is 876 g/mol. The maximum absolute atomic E-state index is 14.9. The third-order valence-corrected chi connectivity index (χ3v) is 14.5. The molecule has 0 bridgehead atoms. The van der Waals surface area contributed by atoms with Crippen molar-refractivity contribution in [2.24, 2.45) is 5.92 Å². The van der Waals surface area contributed by atoms with Crippen LogP contribution in [0.25, 0.3) is 10.9 Å². The normalized spacial score (nSPS) is 24.7. The molecule has 2 aromatic rings. The number of aromatic nitrogens is 1. The summed E-state index contributed by atoms with van der Waals surface area (Å²) in [7, 11) is -4.09. The van der Waals surface area contributed by atoms with Crippen LogP contribution in [0.5, 0.6) is 11.5 Å². The Kier molecular flexibility index (Phi) is 12.6. The van der Waals surface area contributed by atoms with Crippen LogP contribution in [-0.4, -0.2) is 88.6 Å². The van der Waals surface area contributed by atoms with E-state index >= 15 is 0 Å². The molecule has 6 rings (SSSR count). The second-order valence-corrected chi connectivity index (χ2v) is 20.3. The van der Waals surface area contributed by atoms with Gasteiger partial charge in [-0.2, -0.15) is 0 Å². The number of fused-ring (bicyclic) bond motifs is 3. The lowest BCUT2D eigenvalue weighted by atomic mass is 9.66. The summed E-state index contributed by atoms with van der Waals surface area (Å²) in [5, 5.41) is 5.96. The predicted octanol–water partition coefficient (Wildman–Crippen LogP) is 6.59. The zero-order chi connectivity index (χ0) is 44.8. The number of pyridine rings is 1. The molecular formula is C43H56F3N5O9S. The number of hydrogen-bond donors (Lipinski definition) is 3. The van der Waals surface area contributed by atoms with Gasteiger partial charge in [0.1, 0.15) is 40.3 Å². The number of allylic oxidation sites excluding steroid dienone is 1. The second-order valence-electron chi connectivity index (χ2n) is 18.1. The van der Waals surface area contributed by atoms with Gasteiger partial charge in [-0.1, -0.05) is 25.0 Å². The Morgan fingerprint density at radius 3 is 2.41 bits per heavy atom. The number of alkyl carbamates (subject to hydrolysis) is 1. The van der Waals surface area contributed by atoms with Gasteiger partial charge in [0.2, 0.25) is 21.8 Å². The molecule has 18 heteroatoms. The molecule has 2 unspecified atom stereocenters. The molecule has 14 nitrogen and oxygen atoms in total. The Morgan fingerprint density at radius 2 is 1.80 bits per heavy atom. The molecule has 1 aromatic carbocycles. The topological polar surface area (TPSA) is 182 Å². The average Bonchev–Trinajstić information content (AvgIpc) is 3.81. The number of nitrogens with zero attached hydrogens (tertiary/aromatic N) is 2. The first-order valence-corrected chi connectivity index (χ1v) is 22.2. The fourth-order valence-electron chi connectivity index (χ4n) is 8.51. The highest BCUT2D eigenvalue weighted by atomic mass is 32.2. The molecule has 1 spiro atoms. The predicted molar refractivity (Wildman–Crippen MR) is 220 cm³/mol. The van der Waals surface area contributed by atoms with E-state index in [1.165, 1.54) is 29.2 Å². The number of nitrogens with one attached hydrogen (secondary N) is 3. The highest BCUT2D eigenvalue weighted by Crippen LogP contribution is 2.47. The number of alkyl halides is 3. The van der Waals surface area contributed by atoms with E-state index in [1.807, 2.05) is 0 Å². The van der Waals surface area contributed by atoms with Crippen LogP contribution in [-0.2, 0) is 35.6 Å². The first-order chi connectivity index (χ1) is 28.4. The number of aryl methyl sites for hydroxylation is 2. The third kappa shape index (κ3) is 9.78. The molecule has 5 atom stereocenters. The van der Waals surface area contributed by atoms with Crippen molar-refractivity contribution in [2.45, 2.75) is 152 Å². The van der Waals surface area contributed by atoms with Crippen LogP contribution < -0.4 is 24.8 Å². The van der Waals surface area contributed by atoms with Crippen molar-refractivity contribution in [2.75, 3.05) is 6.54 Å². The Bertz CT molecular complexity index is 2210. The molecule has 3 heterocycles. The molecule has 1 aromatic heterocycles. The molecule has 3 fully saturated rings. The van der Waals surface area contributed by atoms with Gasteiger partial charge in [0, 0.05) is 23.3 Å². The van der Waals surface area contributed by atoms with Crippen LogP contribution >= 0.6 is 0 Å². The van der Waals surface area contributed by atoms with Crippen molar-refractivity contribution in [3.8, 4) is 11.5 Å². The molecule has 2 aliphatic heterocycles. The molecule has 0 radical (unpaired) electrons. The maximum Gasteiger partial charge on any atom is 0.573 e. The largest absolute Gasteiger partial charge is 0.573 e. The number of hydrogen-bond acceptors (Lipinski definition) is 10. The summed E-state index contributed by atoms with van der Waals surface area (Å²) in [4.78, 5) is 62.7. The minimum absolute atomic E-state index is 0.0793. The van der Waals surface area contributed by atoms with Crippen molar-refractivity contribution < 1.29 is 55.0 Å². The lowest BCUT2D eigenvalue weighted by Gasteiger charge is -2.47. The number of likely N-dealkylation sites (tertiary alicyclic amines) is 1. The van der Waals surface area contributed by atoms with Gasteiger partial charge in [0.05, 0.1) is 22.5 Å². The first kappa shape index (κ1) is 45.7. The van der Waals surface area contributed by atoms with Crippen molar-refractivity contribution in [3.63, 3.8) is 0 Å². The third-order valence-electron chi connectivity index (χ3n) is 12.3. The lowest BCUT2D eigenvalue weighted by molar-refractivity contribution is -0.274. The Hall–Kier alpha value is -4.87. The van der Waals surface area contributed by atoms with E-state index < -0.39 is 85.4 Å². The van der Waals surface area contributed by atoms with Crippen molar-refractivity contribution in [1.29, 1.82) is 0 Å². The fourth-order valence-corrected chi connectivity index (χ4v) is 9.83. The summed E-state index contributed by atoms with van der Waals surface area (Å²) in [5.74, 6) is -2.99. The minimum atomic E-state index is -4.92. The van der Waals surface area contributed by atoms with Gasteiger partial charge in [0.15, 0.2) is 0 Å². The van der Waals surface area contributed by atoms with Crippen LogP contribution in [0.1, 0.15) is 110 Å². The Labute approximate surface area is 354 Å². The molecule has 3 N–H and O–H groups in total. The van der Waals surface area contributed by atoms with E-state index in [2.05, 4.69) is 38.2 Å². The SMILES string of the molecule is C=CCCCCC[C@H](NC(=O)OC(C)(C)C)C(=O)N1CC2(CCc3c(c(C)nc4ccc(OC(F)(F)F)cc34)O2)CC1C(=O)N[C@]1(C(=O)NS(=O)(=O)C2(C)CC2)CC[C@H]1C=C. The number of carbonyl (C=O) groups excluding carboxylic acids is 4. The fraction of sp³-hybridized carbons (Fsp3) is 0.605. The summed E-state index contributed by atoms with van der Waals surface area (Å²) in [6, 6.07) is 1.45. The van der Waals surface area contributed by atoms with E-state index in [4.69, 9.17) is 9.47 Å². The maximum atomic E-state index is 14.9. The summed E-state index contributed by atoms with van der Waals surface area (Å²) in [6.07, 6.45) is 2.27. The van der Waals surface area contributed by atoms with Gasteiger partial charge < -0.3 is 29.7 Å². The summed E-state index contributed by atoms with van der Waals surface area (Å²) in [6.45, 7) is 15.7. The first-order valence-electron chi connectivity index (χ1n) is 20.7. The van der Waals surface area contributed by atoms with E-state index in [0.29, 0.717) is 53.6 Å². The summed E-state index contributed by atoms with van der Waals surface area (Å²) < 4.78 is 83.6. The lowest BCUT2D eigenvalue weighted by Crippen LogP contribution is -2.70. The van der Waals surface area contributed by atoms with Crippen molar-refractivity contribution in [1.82, 2.24) is 25.2 Å². The number of amides is 4. The number of unbranched alkanes of at least 4 members (excludes halogenated alkanes) is 3. The minimum Gasteiger partial charge on any atom is -0.483 e. The number of ether oxygens (including phenoxy) is 3. The van der Waals surface area contributed by atoms with Crippen LogP contribution in [0.15, 0.2) is 43.5 Å². The van der Waals surface area contributed by atoms with Crippen LogP contribution in [0.4, 0.5) is 18.0 Å². The molecule has 4 amide bonds. The second kappa shape index (κ2) is 16.8. The van der Waals surface area contributed by atoms with Crippen LogP contribution in [0.2, 0.25) is 0 Å². The highest BCUT2D eigenvalue weighted by molar-refractivity contribution is 7.91. The van der Waals surface area contributed by atoms with Gasteiger partial charge in [-0.25, -0.2) is 18.2 Å². The molecular weight excluding hydrogens is 820 g/mol. The quantitative estimate of drug-likeness (QED) is 0.131. The highest BCUT2D eigenvalue weighted by Gasteiger charge is 2.59. The van der Waals surface area contributed by atoms with Gasteiger partial charge in [-0.3, -0.25) is 19.1 Å². The number of rotatable bonds is 15. The van der Waals surface area contributed by atoms with E-state index in [0.717, 1.165) is 19.3 Å². The molecule has 4 aliphatic rings. The summed E-state index contributed by atoms with van der Waals surface area (Å²) >= 11 is 0. The van der Waals surface area contributed by atoms with E-state index in [1.54, 1.807) is 40.7 Å². The monoisotopic (exact) mass is 875 g/mol. The Balaban J connectivity index is 1.35. The van der Waals surface area contributed by atoms with E-state index in [-0.39, 0.29) is 38.6 Å². The Morgan fingerprint density at radius 1 is 1.08 bits per heavy atom. The van der Waals surface area contributed by atoms with Crippen molar-refractivity contribution in [3.05, 3.63) is 54.8 Å².